The van der Waals surface area contributed by atoms with Gasteiger partial charge in [-0.2, -0.15) is 9.78 Å². The third-order valence-electron chi connectivity index (χ3n) is 3.65. The smallest absolute Gasteiger partial charge is 0.298 e. The monoisotopic (exact) mass is 304 g/mol. The Hall–Kier alpha value is -3.41. The lowest BCUT2D eigenvalue weighted by atomic mass is 10.2. The summed E-state index contributed by atoms with van der Waals surface area (Å²) in [6.45, 7) is 0. The molecule has 0 bridgehead atoms. The third kappa shape index (κ3) is 2.17. The Morgan fingerprint density at radius 3 is 2.78 bits per heavy atom. The van der Waals surface area contributed by atoms with E-state index < -0.39 is 0 Å². The molecule has 6 nitrogen and oxygen atoms in total. The summed E-state index contributed by atoms with van der Waals surface area (Å²) < 4.78 is 1.14. The van der Waals surface area contributed by atoms with E-state index in [9.17, 15) is 9.90 Å². The van der Waals surface area contributed by atoms with Crippen molar-refractivity contribution in [2.45, 2.75) is 0 Å². The topological polar surface area (TPSA) is 83.3 Å². The highest BCUT2D eigenvalue weighted by Crippen LogP contribution is 2.20. The van der Waals surface area contributed by atoms with Crippen LogP contribution in [0, 0.1) is 0 Å². The average molecular weight is 304 g/mol. The number of aromatic nitrogens is 3. The van der Waals surface area contributed by atoms with Crippen LogP contribution in [0.2, 0.25) is 0 Å². The van der Waals surface area contributed by atoms with Crippen molar-refractivity contribution in [2.24, 2.45) is 5.10 Å². The van der Waals surface area contributed by atoms with Crippen LogP contribution in [0.3, 0.4) is 0 Å². The standard InChI is InChI=1S/C17H12N4O2/c22-14-8-4-1-5-11(14)9-19-21-10-18-15-12-6-2-3-7-13(12)20-16(15)17(21)23/h1-10,20,22H/b19-9-. The Morgan fingerprint density at radius 2 is 1.91 bits per heavy atom. The van der Waals surface area contributed by atoms with E-state index in [-0.39, 0.29) is 11.3 Å². The summed E-state index contributed by atoms with van der Waals surface area (Å²) in [4.78, 5) is 19.9. The highest BCUT2D eigenvalue weighted by molar-refractivity contribution is 6.04. The average Bonchev–Trinajstić information content (AvgIpc) is 2.95. The number of benzene rings is 2. The van der Waals surface area contributed by atoms with Gasteiger partial charge in [-0.05, 0) is 18.2 Å². The minimum absolute atomic E-state index is 0.101. The van der Waals surface area contributed by atoms with Gasteiger partial charge in [-0.3, -0.25) is 4.79 Å². The van der Waals surface area contributed by atoms with Gasteiger partial charge in [0.25, 0.3) is 5.56 Å². The van der Waals surface area contributed by atoms with Crippen molar-refractivity contribution >= 4 is 28.2 Å². The van der Waals surface area contributed by atoms with Crippen molar-refractivity contribution in [3.05, 3.63) is 70.8 Å². The number of para-hydroxylation sites is 2. The Kier molecular flexibility index (Phi) is 2.94. The zero-order chi connectivity index (χ0) is 15.8. The Balaban J connectivity index is 1.86. The Bertz CT molecular complexity index is 1110. The third-order valence-corrected chi connectivity index (χ3v) is 3.65. The minimum atomic E-state index is -0.294. The minimum Gasteiger partial charge on any atom is -0.507 e. The van der Waals surface area contributed by atoms with Gasteiger partial charge in [0.1, 0.15) is 23.1 Å². The number of nitrogens with zero attached hydrogens (tertiary/aromatic N) is 3. The molecule has 0 unspecified atom stereocenters. The van der Waals surface area contributed by atoms with Crippen LogP contribution in [0.4, 0.5) is 0 Å². The molecule has 2 aromatic carbocycles. The molecular weight excluding hydrogens is 292 g/mol. The van der Waals surface area contributed by atoms with Gasteiger partial charge in [0.15, 0.2) is 0 Å². The molecule has 4 aromatic rings. The summed E-state index contributed by atoms with van der Waals surface area (Å²) in [6, 6.07) is 14.4. The van der Waals surface area contributed by atoms with E-state index in [1.165, 1.54) is 12.5 Å². The maximum absolute atomic E-state index is 12.5. The van der Waals surface area contributed by atoms with E-state index in [1.807, 2.05) is 24.3 Å². The zero-order valence-corrected chi connectivity index (χ0v) is 12.0. The van der Waals surface area contributed by atoms with Crippen LogP contribution in [-0.2, 0) is 0 Å². The van der Waals surface area contributed by atoms with Crippen LogP contribution in [0.5, 0.6) is 5.75 Å². The zero-order valence-electron chi connectivity index (χ0n) is 12.0. The van der Waals surface area contributed by atoms with Crippen LogP contribution >= 0.6 is 0 Å². The lowest BCUT2D eigenvalue weighted by Gasteiger charge is -1.99. The Morgan fingerprint density at radius 1 is 1.13 bits per heavy atom. The molecule has 112 valence electrons. The van der Waals surface area contributed by atoms with Crippen molar-refractivity contribution in [1.82, 2.24) is 14.6 Å². The van der Waals surface area contributed by atoms with E-state index >= 15 is 0 Å². The van der Waals surface area contributed by atoms with Crippen LogP contribution in [0.1, 0.15) is 5.56 Å². The summed E-state index contributed by atoms with van der Waals surface area (Å²) in [5.41, 5.74) is 2.12. The normalized spacial score (nSPS) is 11.7. The van der Waals surface area contributed by atoms with Gasteiger partial charge in [-0.1, -0.05) is 30.3 Å². The van der Waals surface area contributed by atoms with Gasteiger partial charge < -0.3 is 10.1 Å². The summed E-state index contributed by atoms with van der Waals surface area (Å²) in [6.07, 6.45) is 2.80. The number of nitrogens with one attached hydrogen (secondary N) is 1. The van der Waals surface area contributed by atoms with Crippen molar-refractivity contribution < 1.29 is 5.11 Å². The molecule has 0 fully saturated rings. The van der Waals surface area contributed by atoms with E-state index in [1.54, 1.807) is 24.3 Å². The molecule has 2 N–H and O–H groups in total. The molecule has 23 heavy (non-hydrogen) atoms. The molecular formula is C17H12N4O2. The number of hydrogen-bond donors (Lipinski definition) is 2. The second-order valence-corrected chi connectivity index (χ2v) is 5.09. The number of fused-ring (bicyclic) bond motifs is 3. The fourth-order valence-electron chi connectivity index (χ4n) is 2.50. The van der Waals surface area contributed by atoms with Crippen LogP contribution < -0.4 is 5.56 Å². The number of H-pyrrole nitrogens is 1. The fraction of sp³-hybridized carbons (Fsp3) is 0. The predicted octanol–water partition coefficient (Wildman–Crippen LogP) is 2.47. The number of hydrogen-bond acceptors (Lipinski definition) is 4. The van der Waals surface area contributed by atoms with Gasteiger partial charge in [-0.15, -0.1) is 0 Å². The molecule has 0 spiro atoms. The van der Waals surface area contributed by atoms with E-state index in [2.05, 4.69) is 15.1 Å². The molecule has 6 heteroatoms. The Labute approximate surface area is 130 Å². The van der Waals surface area contributed by atoms with E-state index in [0.717, 1.165) is 15.6 Å². The molecule has 0 saturated heterocycles. The molecule has 4 rings (SSSR count). The number of phenols is 1. The largest absolute Gasteiger partial charge is 0.507 e. The van der Waals surface area contributed by atoms with Crippen LogP contribution in [0.25, 0.3) is 21.9 Å². The fourth-order valence-corrected chi connectivity index (χ4v) is 2.50. The SMILES string of the molecule is O=c1c2[nH]c3ccccc3c2ncn1/N=C\c1ccccc1O. The number of aromatic hydroxyl groups is 1. The first-order valence-corrected chi connectivity index (χ1v) is 7.04. The van der Waals surface area contributed by atoms with Crippen LogP contribution in [-0.4, -0.2) is 26.0 Å². The van der Waals surface area contributed by atoms with Crippen molar-refractivity contribution in [3.63, 3.8) is 0 Å². The summed E-state index contributed by atoms with van der Waals surface area (Å²) in [5, 5.41) is 14.7. The van der Waals surface area contributed by atoms with Crippen molar-refractivity contribution in [1.29, 1.82) is 0 Å². The second-order valence-electron chi connectivity index (χ2n) is 5.09. The lowest BCUT2D eigenvalue weighted by molar-refractivity contribution is 0.474. The summed E-state index contributed by atoms with van der Waals surface area (Å²) in [7, 11) is 0. The van der Waals surface area contributed by atoms with Crippen molar-refractivity contribution in [3.8, 4) is 5.75 Å². The van der Waals surface area contributed by atoms with E-state index in [0.29, 0.717) is 16.6 Å². The molecule has 0 radical (unpaired) electrons. The first kappa shape index (κ1) is 13.3. The summed E-state index contributed by atoms with van der Waals surface area (Å²) in [5.74, 6) is 0.101. The van der Waals surface area contributed by atoms with Gasteiger partial charge in [-0.25, -0.2) is 4.98 Å². The molecule has 0 amide bonds. The first-order chi connectivity index (χ1) is 11.2. The molecule has 0 aliphatic carbocycles. The highest BCUT2D eigenvalue weighted by atomic mass is 16.3. The molecule has 2 aromatic heterocycles. The summed E-state index contributed by atoms with van der Waals surface area (Å²) >= 11 is 0. The number of rotatable bonds is 2. The van der Waals surface area contributed by atoms with Gasteiger partial charge in [0.2, 0.25) is 0 Å². The molecule has 0 atom stereocenters. The van der Waals surface area contributed by atoms with Gasteiger partial charge >= 0.3 is 0 Å². The molecule has 0 saturated carbocycles. The quantitative estimate of drug-likeness (QED) is 0.558. The first-order valence-electron chi connectivity index (χ1n) is 7.04. The number of aromatic amines is 1. The second kappa shape index (κ2) is 5.10. The number of phenolic OH excluding ortho intramolecular Hbond substituents is 1. The molecule has 0 aliphatic rings. The highest BCUT2D eigenvalue weighted by Gasteiger charge is 2.09. The van der Waals surface area contributed by atoms with Gasteiger partial charge in [0, 0.05) is 16.5 Å². The molecule has 2 heterocycles. The molecule has 0 aliphatic heterocycles. The van der Waals surface area contributed by atoms with E-state index in [4.69, 9.17) is 0 Å². The predicted molar refractivity (Wildman–Crippen MR) is 89.0 cm³/mol. The lowest BCUT2D eigenvalue weighted by Crippen LogP contribution is -2.17. The van der Waals surface area contributed by atoms with Gasteiger partial charge in [0.05, 0.1) is 6.21 Å². The maximum atomic E-state index is 12.5. The van der Waals surface area contributed by atoms with Crippen molar-refractivity contribution in [2.75, 3.05) is 0 Å². The maximum Gasteiger partial charge on any atom is 0.298 e. The van der Waals surface area contributed by atoms with Crippen LogP contribution in [0.15, 0.2) is 64.8 Å².